The first kappa shape index (κ1) is 12.6. The zero-order valence-corrected chi connectivity index (χ0v) is 12.1. The predicted octanol–water partition coefficient (Wildman–Crippen LogP) is 3.07. The summed E-state index contributed by atoms with van der Waals surface area (Å²) in [5, 5.41) is 8.26. The van der Waals surface area contributed by atoms with Crippen LogP contribution in [0, 0.1) is 13.8 Å². The van der Waals surface area contributed by atoms with Crippen molar-refractivity contribution in [3.8, 4) is 0 Å². The first-order valence-electron chi connectivity index (χ1n) is 6.73. The molecule has 0 spiro atoms. The van der Waals surface area contributed by atoms with Gasteiger partial charge >= 0.3 is 0 Å². The molecule has 1 aliphatic carbocycles. The van der Waals surface area contributed by atoms with E-state index in [1.165, 1.54) is 29.9 Å². The highest BCUT2D eigenvalue weighted by molar-refractivity contribution is 7.09. The maximum Gasteiger partial charge on any atom is 0.202 e. The van der Waals surface area contributed by atoms with Gasteiger partial charge in [-0.25, -0.2) is 4.98 Å². The number of nitrogens with zero attached hydrogens (tertiary/aromatic N) is 3. The molecule has 1 saturated carbocycles. The molecule has 0 unspecified atom stereocenters. The van der Waals surface area contributed by atoms with Crippen molar-refractivity contribution in [2.45, 2.75) is 45.4 Å². The monoisotopic (exact) mass is 278 g/mol. The van der Waals surface area contributed by atoms with Crippen LogP contribution in [0.5, 0.6) is 0 Å². The number of aromatic nitrogens is 3. The molecule has 2 aromatic rings. The van der Waals surface area contributed by atoms with Gasteiger partial charge in [-0.1, -0.05) is 5.16 Å². The second-order valence-corrected chi connectivity index (χ2v) is 5.82. The zero-order chi connectivity index (χ0) is 13.2. The van der Waals surface area contributed by atoms with Gasteiger partial charge in [0.25, 0.3) is 0 Å². The van der Waals surface area contributed by atoms with Crippen molar-refractivity contribution >= 4 is 16.7 Å². The van der Waals surface area contributed by atoms with Gasteiger partial charge in [0.1, 0.15) is 11.6 Å². The van der Waals surface area contributed by atoms with E-state index in [0.29, 0.717) is 5.92 Å². The van der Waals surface area contributed by atoms with Crippen LogP contribution in [0.3, 0.4) is 0 Å². The summed E-state index contributed by atoms with van der Waals surface area (Å²) >= 11 is 1.47. The summed E-state index contributed by atoms with van der Waals surface area (Å²) in [6, 6.07) is 0. The average molecular weight is 278 g/mol. The first-order chi connectivity index (χ1) is 9.24. The lowest BCUT2D eigenvalue weighted by Crippen LogP contribution is -2.03. The van der Waals surface area contributed by atoms with Crippen LogP contribution >= 0.6 is 11.5 Å². The van der Waals surface area contributed by atoms with Gasteiger partial charge < -0.3 is 9.84 Å². The molecule has 0 amide bonds. The highest BCUT2D eigenvalue weighted by Crippen LogP contribution is 2.39. The third-order valence-electron chi connectivity index (χ3n) is 3.45. The summed E-state index contributed by atoms with van der Waals surface area (Å²) in [5.41, 5.74) is 2.24. The molecule has 2 aromatic heterocycles. The van der Waals surface area contributed by atoms with Crippen molar-refractivity contribution in [1.82, 2.24) is 14.5 Å². The molecule has 1 N–H and O–H groups in total. The number of rotatable bonds is 6. The van der Waals surface area contributed by atoms with Crippen LogP contribution in [0.4, 0.5) is 5.13 Å². The third-order valence-corrected chi connectivity index (χ3v) is 4.13. The zero-order valence-electron chi connectivity index (χ0n) is 11.3. The van der Waals surface area contributed by atoms with E-state index in [9.17, 15) is 0 Å². The van der Waals surface area contributed by atoms with Gasteiger partial charge in [0.05, 0.1) is 5.69 Å². The Bertz CT molecular complexity index is 539. The van der Waals surface area contributed by atoms with Gasteiger partial charge in [-0.15, -0.1) is 0 Å². The highest BCUT2D eigenvalue weighted by atomic mass is 32.1. The summed E-state index contributed by atoms with van der Waals surface area (Å²) < 4.78 is 9.53. The van der Waals surface area contributed by atoms with Gasteiger partial charge in [0, 0.05) is 29.6 Å². The summed E-state index contributed by atoms with van der Waals surface area (Å²) in [6.07, 6.45) is 4.54. The Morgan fingerprint density at radius 1 is 1.37 bits per heavy atom. The Balaban J connectivity index is 1.45. The lowest BCUT2D eigenvalue weighted by atomic mass is 10.1. The van der Waals surface area contributed by atoms with Crippen LogP contribution in [0.15, 0.2) is 4.52 Å². The normalized spacial score (nSPS) is 14.8. The summed E-state index contributed by atoms with van der Waals surface area (Å²) in [5.74, 6) is 2.59. The highest BCUT2D eigenvalue weighted by Gasteiger charge is 2.27. The molecule has 2 heterocycles. The van der Waals surface area contributed by atoms with E-state index in [4.69, 9.17) is 4.52 Å². The fraction of sp³-hybridized carbons (Fsp3) is 0.615. The van der Waals surface area contributed by atoms with Crippen molar-refractivity contribution in [3.05, 3.63) is 22.8 Å². The van der Waals surface area contributed by atoms with Crippen molar-refractivity contribution in [1.29, 1.82) is 0 Å². The largest absolute Gasteiger partial charge is 0.361 e. The molecule has 0 atom stereocenters. The molecule has 1 fully saturated rings. The molecule has 0 aliphatic heterocycles. The molecule has 3 rings (SSSR count). The van der Waals surface area contributed by atoms with Gasteiger partial charge in [-0.3, -0.25) is 0 Å². The van der Waals surface area contributed by atoms with Crippen molar-refractivity contribution in [3.63, 3.8) is 0 Å². The first-order valence-corrected chi connectivity index (χ1v) is 7.50. The van der Waals surface area contributed by atoms with Gasteiger partial charge in [-0.05, 0) is 39.5 Å². The van der Waals surface area contributed by atoms with Crippen LogP contribution in [-0.2, 0) is 6.42 Å². The lowest BCUT2D eigenvalue weighted by molar-refractivity contribution is 0.392. The number of nitrogens with one attached hydrogen (secondary N) is 1. The Kier molecular flexibility index (Phi) is 3.50. The van der Waals surface area contributed by atoms with Crippen LogP contribution < -0.4 is 5.32 Å². The molecule has 6 heteroatoms. The predicted molar refractivity (Wildman–Crippen MR) is 74.7 cm³/mol. The number of aryl methyl sites for hydroxylation is 2. The smallest absolute Gasteiger partial charge is 0.202 e. The minimum atomic E-state index is 0.633. The molecular formula is C13H18N4OS. The molecule has 0 radical (unpaired) electrons. The van der Waals surface area contributed by atoms with Crippen molar-refractivity contribution in [2.24, 2.45) is 0 Å². The summed E-state index contributed by atoms with van der Waals surface area (Å²) in [6.45, 7) is 4.87. The molecule has 19 heavy (non-hydrogen) atoms. The van der Waals surface area contributed by atoms with Crippen LogP contribution in [0.25, 0.3) is 0 Å². The molecule has 1 aliphatic rings. The van der Waals surface area contributed by atoms with E-state index in [2.05, 4.69) is 19.8 Å². The number of hydrogen-bond acceptors (Lipinski definition) is 6. The Labute approximate surface area is 116 Å². The second-order valence-electron chi connectivity index (χ2n) is 5.07. The number of anilines is 1. The SMILES string of the molecule is Cc1noc(C)c1CCCNc1nc(C2CC2)ns1. The maximum absolute atomic E-state index is 5.16. The van der Waals surface area contributed by atoms with E-state index in [0.717, 1.165) is 41.8 Å². The van der Waals surface area contributed by atoms with Gasteiger partial charge in [-0.2, -0.15) is 4.37 Å². The van der Waals surface area contributed by atoms with E-state index in [1.54, 1.807) is 0 Å². The fourth-order valence-corrected chi connectivity index (χ4v) is 2.80. The Morgan fingerprint density at radius 2 is 2.21 bits per heavy atom. The molecule has 102 valence electrons. The minimum absolute atomic E-state index is 0.633. The van der Waals surface area contributed by atoms with Gasteiger partial charge in [0.2, 0.25) is 5.13 Å². The maximum atomic E-state index is 5.16. The molecule has 0 saturated heterocycles. The van der Waals surface area contributed by atoms with E-state index < -0.39 is 0 Å². The molecule has 0 bridgehead atoms. The number of hydrogen-bond donors (Lipinski definition) is 1. The van der Waals surface area contributed by atoms with E-state index in [-0.39, 0.29) is 0 Å². The lowest BCUT2D eigenvalue weighted by Gasteiger charge is -2.02. The Hall–Kier alpha value is -1.43. The van der Waals surface area contributed by atoms with E-state index in [1.807, 2.05) is 13.8 Å². The van der Waals surface area contributed by atoms with Crippen LogP contribution in [0.1, 0.15) is 48.0 Å². The van der Waals surface area contributed by atoms with Crippen LogP contribution in [0.2, 0.25) is 0 Å². The average Bonchev–Trinajstić information content (AvgIpc) is 3.07. The minimum Gasteiger partial charge on any atom is -0.361 e. The molecule has 0 aromatic carbocycles. The van der Waals surface area contributed by atoms with Gasteiger partial charge in [0.15, 0.2) is 0 Å². The standard InChI is InChI=1S/C13H18N4OS/c1-8-11(9(2)18-16-8)4-3-7-14-13-15-12(17-19-13)10-5-6-10/h10H,3-7H2,1-2H3,(H,14,15,17). The topological polar surface area (TPSA) is 63.8 Å². The second kappa shape index (κ2) is 5.28. The van der Waals surface area contributed by atoms with Crippen molar-refractivity contribution in [2.75, 3.05) is 11.9 Å². The third kappa shape index (κ3) is 2.94. The quantitative estimate of drug-likeness (QED) is 0.823. The van der Waals surface area contributed by atoms with Crippen LogP contribution in [-0.4, -0.2) is 21.1 Å². The van der Waals surface area contributed by atoms with E-state index >= 15 is 0 Å². The summed E-state index contributed by atoms with van der Waals surface area (Å²) in [4.78, 5) is 4.51. The Morgan fingerprint density at radius 3 is 2.89 bits per heavy atom. The molecular weight excluding hydrogens is 260 g/mol. The molecule has 5 nitrogen and oxygen atoms in total. The van der Waals surface area contributed by atoms with Crippen molar-refractivity contribution < 1.29 is 4.52 Å². The summed E-state index contributed by atoms with van der Waals surface area (Å²) in [7, 11) is 0. The fourth-order valence-electron chi connectivity index (χ4n) is 2.13.